The molecule has 3 nitrogen and oxygen atoms in total. The lowest BCUT2D eigenvalue weighted by molar-refractivity contribution is -0.116. The second-order valence-corrected chi connectivity index (χ2v) is 5.19. The number of nitrogens with one attached hydrogen (secondary N) is 2. The van der Waals surface area contributed by atoms with Crippen LogP contribution in [0.1, 0.15) is 17.5 Å². The summed E-state index contributed by atoms with van der Waals surface area (Å²) in [5.41, 5.74) is 1.88. The second-order valence-electron chi connectivity index (χ2n) is 5.19. The van der Waals surface area contributed by atoms with Crippen LogP contribution >= 0.6 is 0 Å². The van der Waals surface area contributed by atoms with Crippen molar-refractivity contribution in [2.24, 2.45) is 0 Å². The number of carbonyl (C=O) groups is 1. The Kier molecular flexibility index (Phi) is 5.76. The van der Waals surface area contributed by atoms with Gasteiger partial charge in [-0.3, -0.25) is 4.79 Å². The number of anilines is 1. The highest BCUT2D eigenvalue weighted by atomic mass is 19.2. The molecule has 0 saturated heterocycles. The third-order valence-electron chi connectivity index (χ3n) is 3.25. The fourth-order valence-electron chi connectivity index (χ4n) is 2.09. The van der Waals surface area contributed by atoms with Gasteiger partial charge in [0.15, 0.2) is 17.5 Å². The second kappa shape index (κ2) is 7.78. The van der Waals surface area contributed by atoms with Crippen molar-refractivity contribution in [2.75, 3.05) is 11.9 Å². The maximum absolute atomic E-state index is 13.4. The first kappa shape index (κ1) is 17.0. The summed E-state index contributed by atoms with van der Waals surface area (Å²) in [7, 11) is 0. The SMILES string of the molecule is Cc1cccc(CNCCC(=O)Nc2ccc(F)c(F)c2F)c1. The number of amides is 1. The molecule has 0 bridgehead atoms. The van der Waals surface area contributed by atoms with Crippen LogP contribution in [0.25, 0.3) is 0 Å². The first-order chi connectivity index (χ1) is 11.0. The Hall–Kier alpha value is -2.34. The quantitative estimate of drug-likeness (QED) is 0.631. The van der Waals surface area contributed by atoms with Gasteiger partial charge in [0.25, 0.3) is 0 Å². The van der Waals surface area contributed by atoms with Crippen molar-refractivity contribution in [3.05, 3.63) is 65.0 Å². The molecule has 2 aromatic carbocycles. The van der Waals surface area contributed by atoms with Gasteiger partial charge in [0.1, 0.15) is 0 Å². The number of rotatable bonds is 6. The van der Waals surface area contributed by atoms with Gasteiger partial charge < -0.3 is 10.6 Å². The van der Waals surface area contributed by atoms with E-state index in [2.05, 4.69) is 10.6 Å². The Morgan fingerprint density at radius 3 is 2.61 bits per heavy atom. The Morgan fingerprint density at radius 2 is 1.87 bits per heavy atom. The molecule has 0 unspecified atom stereocenters. The smallest absolute Gasteiger partial charge is 0.225 e. The molecule has 0 aliphatic carbocycles. The van der Waals surface area contributed by atoms with Gasteiger partial charge >= 0.3 is 0 Å². The van der Waals surface area contributed by atoms with Crippen LogP contribution in [0.2, 0.25) is 0 Å². The fraction of sp³-hybridized carbons (Fsp3) is 0.235. The monoisotopic (exact) mass is 322 g/mol. The molecule has 6 heteroatoms. The van der Waals surface area contributed by atoms with Crippen molar-refractivity contribution in [2.45, 2.75) is 19.9 Å². The van der Waals surface area contributed by atoms with E-state index in [1.54, 1.807) is 0 Å². The number of hydrogen-bond donors (Lipinski definition) is 2. The van der Waals surface area contributed by atoms with Crippen molar-refractivity contribution in [1.29, 1.82) is 0 Å². The predicted octanol–water partition coefficient (Wildman–Crippen LogP) is 3.53. The van der Waals surface area contributed by atoms with Crippen molar-refractivity contribution < 1.29 is 18.0 Å². The van der Waals surface area contributed by atoms with Gasteiger partial charge in [0.05, 0.1) is 5.69 Å². The van der Waals surface area contributed by atoms with Crippen LogP contribution in [0, 0.1) is 24.4 Å². The molecule has 0 saturated carbocycles. The molecule has 2 N–H and O–H groups in total. The lowest BCUT2D eigenvalue weighted by Gasteiger charge is -2.08. The van der Waals surface area contributed by atoms with Crippen LogP contribution in [-0.2, 0) is 11.3 Å². The van der Waals surface area contributed by atoms with Crippen LogP contribution in [0.5, 0.6) is 0 Å². The van der Waals surface area contributed by atoms with Gasteiger partial charge in [-0.15, -0.1) is 0 Å². The van der Waals surface area contributed by atoms with Gasteiger partial charge in [0.2, 0.25) is 5.91 Å². The highest BCUT2D eigenvalue weighted by Crippen LogP contribution is 2.19. The normalized spacial score (nSPS) is 10.6. The minimum absolute atomic E-state index is 0.0876. The van der Waals surface area contributed by atoms with E-state index in [4.69, 9.17) is 0 Å². The van der Waals surface area contributed by atoms with Crippen LogP contribution in [-0.4, -0.2) is 12.5 Å². The number of carbonyl (C=O) groups excluding carboxylic acids is 1. The first-order valence-corrected chi connectivity index (χ1v) is 7.17. The molecule has 23 heavy (non-hydrogen) atoms. The molecule has 2 aromatic rings. The molecule has 0 heterocycles. The van der Waals surface area contributed by atoms with E-state index >= 15 is 0 Å². The van der Waals surface area contributed by atoms with Crippen molar-refractivity contribution in [3.63, 3.8) is 0 Å². The minimum atomic E-state index is -1.60. The molecule has 0 aliphatic heterocycles. The molecule has 0 radical (unpaired) electrons. The van der Waals surface area contributed by atoms with Crippen molar-refractivity contribution in [3.8, 4) is 0 Å². The Labute approximate surface area is 132 Å². The van der Waals surface area contributed by atoms with Gasteiger partial charge in [-0.05, 0) is 24.6 Å². The summed E-state index contributed by atoms with van der Waals surface area (Å²) in [6.45, 7) is 2.98. The van der Waals surface area contributed by atoms with E-state index in [9.17, 15) is 18.0 Å². The topological polar surface area (TPSA) is 41.1 Å². The number of benzene rings is 2. The molecule has 0 aromatic heterocycles. The van der Waals surface area contributed by atoms with E-state index in [1.165, 1.54) is 0 Å². The summed E-state index contributed by atoms with van der Waals surface area (Å²) in [5, 5.41) is 5.32. The molecule has 1 amide bonds. The minimum Gasteiger partial charge on any atom is -0.323 e. The highest BCUT2D eigenvalue weighted by Gasteiger charge is 2.14. The lowest BCUT2D eigenvalue weighted by Crippen LogP contribution is -2.22. The lowest BCUT2D eigenvalue weighted by atomic mass is 10.1. The summed E-state index contributed by atoms with van der Waals surface area (Å²) in [4.78, 5) is 11.7. The zero-order chi connectivity index (χ0) is 16.8. The van der Waals surface area contributed by atoms with E-state index < -0.39 is 23.4 Å². The molecular weight excluding hydrogens is 305 g/mol. The number of aryl methyl sites for hydroxylation is 1. The Morgan fingerprint density at radius 1 is 1.09 bits per heavy atom. The third kappa shape index (κ3) is 4.82. The van der Waals surface area contributed by atoms with Crippen LogP contribution < -0.4 is 10.6 Å². The van der Waals surface area contributed by atoms with Gasteiger partial charge in [0, 0.05) is 19.5 Å². The number of hydrogen-bond acceptors (Lipinski definition) is 2. The van der Waals surface area contributed by atoms with Crippen molar-refractivity contribution in [1.82, 2.24) is 5.32 Å². The molecular formula is C17H17F3N2O. The maximum atomic E-state index is 13.4. The van der Waals surface area contributed by atoms with Crippen LogP contribution in [0.4, 0.5) is 18.9 Å². The van der Waals surface area contributed by atoms with E-state index in [0.29, 0.717) is 13.1 Å². The average molecular weight is 322 g/mol. The maximum Gasteiger partial charge on any atom is 0.225 e. The van der Waals surface area contributed by atoms with E-state index in [-0.39, 0.29) is 12.1 Å². The van der Waals surface area contributed by atoms with Gasteiger partial charge in [-0.25, -0.2) is 13.2 Å². The highest BCUT2D eigenvalue weighted by molar-refractivity contribution is 5.90. The summed E-state index contributed by atoms with van der Waals surface area (Å²) in [6, 6.07) is 9.70. The van der Waals surface area contributed by atoms with Crippen LogP contribution in [0.15, 0.2) is 36.4 Å². The zero-order valence-electron chi connectivity index (χ0n) is 12.6. The molecule has 0 fully saturated rings. The standard InChI is InChI=1S/C17H17F3N2O/c1-11-3-2-4-12(9-11)10-21-8-7-15(23)22-14-6-5-13(18)16(19)17(14)20/h2-6,9,21H,7-8,10H2,1H3,(H,22,23). The zero-order valence-corrected chi connectivity index (χ0v) is 12.6. The Balaban J connectivity index is 1.78. The fourth-order valence-corrected chi connectivity index (χ4v) is 2.09. The predicted molar refractivity (Wildman–Crippen MR) is 82.4 cm³/mol. The summed E-state index contributed by atoms with van der Waals surface area (Å²) in [6.07, 6.45) is 0.0876. The van der Waals surface area contributed by atoms with Crippen molar-refractivity contribution >= 4 is 11.6 Å². The molecule has 0 aliphatic rings. The van der Waals surface area contributed by atoms with Crippen LogP contribution in [0.3, 0.4) is 0 Å². The molecule has 2 rings (SSSR count). The first-order valence-electron chi connectivity index (χ1n) is 7.17. The molecule has 0 spiro atoms. The third-order valence-corrected chi connectivity index (χ3v) is 3.25. The largest absolute Gasteiger partial charge is 0.323 e. The van der Waals surface area contributed by atoms with Gasteiger partial charge in [-0.1, -0.05) is 29.8 Å². The van der Waals surface area contributed by atoms with E-state index in [0.717, 1.165) is 23.3 Å². The summed E-state index contributed by atoms with van der Waals surface area (Å²) < 4.78 is 39.3. The summed E-state index contributed by atoms with van der Waals surface area (Å²) in [5.74, 6) is -4.77. The summed E-state index contributed by atoms with van der Waals surface area (Å²) >= 11 is 0. The Bertz CT molecular complexity index is 704. The molecule has 122 valence electrons. The van der Waals surface area contributed by atoms with Gasteiger partial charge in [-0.2, -0.15) is 0 Å². The van der Waals surface area contributed by atoms with E-state index in [1.807, 2.05) is 31.2 Å². The number of halogens is 3. The average Bonchev–Trinajstić information content (AvgIpc) is 2.52. The molecule has 0 atom stereocenters.